The molecule has 0 bridgehead atoms. The number of rotatable bonds is 1. The zero-order valence-electron chi connectivity index (χ0n) is 8.75. The predicted octanol–water partition coefficient (Wildman–Crippen LogP) is 1.32. The topological polar surface area (TPSA) is 33.3 Å². The Balaban J connectivity index is 1.93. The molecule has 3 heteroatoms. The standard InChI is InChI=1S/C12H16N2O/c1-2-10(12-8-13-6-7-15-12)9-4-5-14-11(9)3-1/h1-3,12-14H,4-8H2. The second-order valence-electron chi connectivity index (χ2n) is 4.11. The SMILES string of the molecule is c1cc2c(c(C3CNCCO3)c1)CCN2. The van der Waals surface area contributed by atoms with Gasteiger partial charge in [0, 0.05) is 25.3 Å². The van der Waals surface area contributed by atoms with Crippen LogP contribution in [-0.2, 0) is 11.2 Å². The molecule has 1 aromatic rings. The number of fused-ring (bicyclic) bond motifs is 1. The van der Waals surface area contributed by atoms with E-state index in [0.29, 0.717) is 0 Å². The molecule has 2 aliphatic rings. The first-order chi connectivity index (χ1) is 7.45. The van der Waals surface area contributed by atoms with Crippen LogP contribution >= 0.6 is 0 Å². The molecule has 1 aromatic carbocycles. The van der Waals surface area contributed by atoms with Crippen LogP contribution in [0.15, 0.2) is 18.2 Å². The molecule has 1 atom stereocenters. The van der Waals surface area contributed by atoms with Gasteiger partial charge in [0.25, 0.3) is 0 Å². The van der Waals surface area contributed by atoms with Gasteiger partial charge in [-0.05, 0) is 23.6 Å². The van der Waals surface area contributed by atoms with Gasteiger partial charge >= 0.3 is 0 Å². The first-order valence-corrected chi connectivity index (χ1v) is 5.63. The van der Waals surface area contributed by atoms with Crippen molar-refractivity contribution in [2.24, 2.45) is 0 Å². The van der Waals surface area contributed by atoms with Crippen molar-refractivity contribution in [3.05, 3.63) is 29.3 Å². The zero-order valence-corrected chi connectivity index (χ0v) is 8.75. The second-order valence-corrected chi connectivity index (χ2v) is 4.11. The maximum absolute atomic E-state index is 5.80. The lowest BCUT2D eigenvalue weighted by molar-refractivity contribution is 0.0273. The van der Waals surface area contributed by atoms with Crippen LogP contribution in [0.4, 0.5) is 5.69 Å². The lowest BCUT2D eigenvalue weighted by atomic mass is 9.99. The molecule has 0 aromatic heterocycles. The summed E-state index contributed by atoms with van der Waals surface area (Å²) in [5.74, 6) is 0. The highest BCUT2D eigenvalue weighted by atomic mass is 16.5. The van der Waals surface area contributed by atoms with Gasteiger partial charge < -0.3 is 15.4 Å². The molecule has 1 saturated heterocycles. The minimum atomic E-state index is 0.244. The number of anilines is 1. The summed E-state index contributed by atoms with van der Waals surface area (Å²) < 4.78 is 5.80. The molecule has 1 fully saturated rings. The summed E-state index contributed by atoms with van der Waals surface area (Å²) in [5, 5.41) is 6.78. The summed E-state index contributed by atoms with van der Waals surface area (Å²) in [5.41, 5.74) is 4.11. The van der Waals surface area contributed by atoms with Crippen LogP contribution < -0.4 is 10.6 Å². The van der Waals surface area contributed by atoms with Crippen LogP contribution in [0.25, 0.3) is 0 Å². The fourth-order valence-corrected chi connectivity index (χ4v) is 2.44. The van der Waals surface area contributed by atoms with Gasteiger partial charge in [0.2, 0.25) is 0 Å². The van der Waals surface area contributed by atoms with Crippen LogP contribution in [0.2, 0.25) is 0 Å². The molecular formula is C12H16N2O. The summed E-state index contributed by atoms with van der Waals surface area (Å²) in [6.07, 6.45) is 1.37. The van der Waals surface area contributed by atoms with Crippen LogP contribution in [0, 0.1) is 0 Å². The lowest BCUT2D eigenvalue weighted by Crippen LogP contribution is -2.33. The molecule has 0 radical (unpaired) electrons. The highest BCUT2D eigenvalue weighted by Gasteiger charge is 2.22. The van der Waals surface area contributed by atoms with E-state index in [9.17, 15) is 0 Å². The van der Waals surface area contributed by atoms with Gasteiger partial charge in [0.05, 0.1) is 12.7 Å². The van der Waals surface area contributed by atoms with Gasteiger partial charge in [-0.15, -0.1) is 0 Å². The van der Waals surface area contributed by atoms with E-state index in [4.69, 9.17) is 4.74 Å². The van der Waals surface area contributed by atoms with Gasteiger partial charge in [-0.1, -0.05) is 12.1 Å². The number of benzene rings is 1. The lowest BCUT2D eigenvalue weighted by Gasteiger charge is -2.25. The summed E-state index contributed by atoms with van der Waals surface area (Å²) >= 11 is 0. The molecule has 0 amide bonds. The smallest absolute Gasteiger partial charge is 0.0953 e. The van der Waals surface area contributed by atoms with Crippen molar-refractivity contribution in [1.29, 1.82) is 0 Å². The third-order valence-corrected chi connectivity index (χ3v) is 3.18. The minimum absolute atomic E-state index is 0.244. The Bertz CT molecular complexity index is 359. The van der Waals surface area contributed by atoms with Crippen molar-refractivity contribution >= 4 is 5.69 Å². The monoisotopic (exact) mass is 204 g/mol. The van der Waals surface area contributed by atoms with E-state index in [1.165, 1.54) is 16.8 Å². The highest BCUT2D eigenvalue weighted by molar-refractivity contribution is 5.59. The molecule has 0 saturated carbocycles. The van der Waals surface area contributed by atoms with Crippen molar-refractivity contribution in [3.63, 3.8) is 0 Å². The second kappa shape index (κ2) is 3.83. The van der Waals surface area contributed by atoms with E-state index in [-0.39, 0.29) is 6.10 Å². The first kappa shape index (κ1) is 9.19. The minimum Gasteiger partial charge on any atom is -0.384 e. The summed E-state index contributed by atoms with van der Waals surface area (Å²) in [6.45, 7) is 3.80. The molecule has 2 N–H and O–H groups in total. The van der Waals surface area contributed by atoms with Gasteiger partial charge in [-0.25, -0.2) is 0 Å². The molecule has 0 spiro atoms. The van der Waals surface area contributed by atoms with E-state index in [2.05, 4.69) is 28.8 Å². The van der Waals surface area contributed by atoms with Crippen LogP contribution in [0.1, 0.15) is 17.2 Å². The Morgan fingerprint density at radius 1 is 1.27 bits per heavy atom. The van der Waals surface area contributed by atoms with Gasteiger partial charge in [-0.3, -0.25) is 0 Å². The third-order valence-electron chi connectivity index (χ3n) is 3.18. The highest BCUT2D eigenvalue weighted by Crippen LogP contribution is 2.31. The van der Waals surface area contributed by atoms with E-state index >= 15 is 0 Å². The van der Waals surface area contributed by atoms with Gasteiger partial charge in [0.15, 0.2) is 0 Å². The summed E-state index contributed by atoms with van der Waals surface area (Å²) in [6, 6.07) is 6.47. The van der Waals surface area contributed by atoms with E-state index in [0.717, 1.165) is 32.7 Å². The quantitative estimate of drug-likeness (QED) is 0.723. The average molecular weight is 204 g/mol. The molecule has 1 unspecified atom stereocenters. The molecule has 3 nitrogen and oxygen atoms in total. The maximum atomic E-state index is 5.80. The molecule has 80 valence electrons. The van der Waals surface area contributed by atoms with Gasteiger partial charge in [0.1, 0.15) is 0 Å². The van der Waals surface area contributed by atoms with Crippen molar-refractivity contribution in [2.45, 2.75) is 12.5 Å². The van der Waals surface area contributed by atoms with E-state index in [1.54, 1.807) is 0 Å². The Labute approximate surface area is 89.8 Å². The van der Waals surface area contributed by atoms with Gasteiger partial charge in [-0.2, -0.15) is 0 Å². The fraction of sp³-hybridized carbons (Fsp3) is 0.500. The number of ether oxygens (including phenoxy) is 1. The number of hydrogen-bond acceptors (Lipinski definition) is 3. The van der Waals surface area contributed by atoms with Crippen molar-refractivity contribution in [3.8, 4) is 0 Å². The van der Waals surface area contributed by atoms with Crippen LogP contribution in [-0.4, -0.2) is 26.2 Å². The summed E-state index contributed by atoms with van der Waals surface area (Å²) in [4.78, 5) is 0. The first-order valence-electron chi connectivity index (χ1n) is 5.63. The Hall–Kier alpha value is -1.06. The molecule has 15 heavy (non-hydrogen) atoms. The molecular weight excluding hydrogens is 188 g/mol. The number of morpholine rings is 1. The molecule has 2 aliphatic heterocycles. The fourth-order valence-electron chi connectivity index (χ4n) is 2.44. The molecule has 0 aliphatic carbocycles. The third kappa shape index (κ3) is 1.62. The Kier molecular flexibility index (Phi) is 2.35. The maximum Gasteiger partial charge on any atom is 0.0953 e. The summed E-state index contributed by atoms with van der Waals surface area (Å²) in [7, 11) is 0. The Morgan fingerprint density at radius 2 is 2.27 bits per heavy atom. The van der Waals surface area contributed by atoms with Crippen molar-refractivity contribution < 1.29 is 4.74 Å². The number of nitrogens with one attached hydrogen (secondary N) is 2. The Morgan fingerprint density at radius 3 is 3.13 bits per heavy atom. The van der Waals surface area contributed by atoms with E-state index in [1.807, 2.05) is 0 Å². The normalized spacial score (nSPS) is 24.7. The van der Waals surface area contributed by atoms with Crippen molar-refractivity contribution in [2.75, 3.05) is 31.6 Å². The molecule has 3 rings (SSSR count). The van der Waals surface area contributed by atoms with Crippen LogP contribution in [0.3, 0.4) is 0 Å². The molecule has 2 heterocycles. The largest absolute Gasteiger partial charge is 0.384 e. The zero-order chi connectivity index (χ0) is 10.1. The van der Waals surface area contributed by atoms with Crippen LogP contribution in [0.5, 0.6) is 0 Å². The average Bonchev–Trinajstić information content (AvgIpc) is 2.78. The predicted molar refractivity (Wildman–Crippen MR) is 60.2 cm³/mol. The van der Waals surface area contributed by atoms with Crippen molar-refractivity contribution in [1.82, 2.24) is 5.32 Å². The van der Waals surface area contributed by atoms with E-state index < -0.39 is 0 Å². The number of hydrogen-bond donors (Lipinski definition) is 2.